The Morgan fingerprint density at radius 2 is 2.06 bits per heavy atom. The molecule has 0 aliphatic carbocycles. The molecule has 1 aromatic heterocycles. The van der Waals surface area contributed by atoms with Crippen LogP contribution in [0.5, 0.6) is 0 Å². The average Bonchev–Trinajstić information content (AvgIpc) is 2.59. The summed E-state index contributed by atoms with van der Waals surface area (Å²) in [6.07, 6.45) is 1.89. The van der Waals surface area contributed by atoms with E-state index in [1.807, 2.05) is 31.7 Å². The Morgan fingerprint density at radius 1 is 1.44 bits per heavy atom. The van der Waals surface area contributed by atoms with E-state index in [-0.39, 0.29) is 12.1 Å². The third-order valence-corrected chi connectivity index (χ3v) is 3.58. The predicted octanol–water partition coefficient (Wildman–Crippen LogP) is 1.49. The van der Waals surface area contributed by atoms with Gasteiger partial charge in [0, 0.05) is 11.4 Å². The lowest BCUT2D eigenvalue weighted by molar-refractivity contribution is -0.139. The Labute approximate surface area is 107 Å². The number of nitrogens with zero attached hydrogens (tertiary/aromatic N) is 3. The molecule has 1 aromatic rings. The van der Waals surface area contributed by atoms with Crippen molar-refractivity contribution in [2.75, 3.05) is 13.1 Å². The number of carbonyl (C=O) groups is 1. The summed E-state index contributed by atoms with van der Waals surface area (Å²) in [5.74, 6) is -0.0498. The van der Waals surface area contributed by atoms with E-state index < -0.39 is 5.97 Å². The molecule has 0 saturated carbocycles. The lowest BCUT2D eigenvalue weighted by Crippen LogP contribution is -2.43. The van der Waals surface area contributed by atoms with Crippen molar-refractivity contribution in [3.8, 4) is 0 Å². The number of hydrogen-bond acceptors (Lipinski definition) is 4. The summed E-state index contributed by atoms with van der Waals surface area (Å²) in [4.78, 5) is 21.9. The highest BCUT2D eigenvalue weighted by molar-refractivity contribution is 5.69. The molecule has 0 radical (unpaired) electrons. The van der Waals surface area contributed by atoms with Crippen molar-refractivity contribution in [2.45, 2.75) is 39.2 Å². The second-order valence-corrected chi connectivity index (χ2v) is 5.17. The Bertz CT molecular complexity index is 455. The van der Waals surface area contributed by atoms with Gasteiger partial charge in [-0.05, 0) is 46.2 Å². The summed E-state index contributed by atoms with van der Waals surface area (Å²) in [7, 11) is 0. The molecule has 1 fully saturated rings. The minimum absolute atomic E-state index is 0.0485. The van der Waals surface area contributed by atoms with Crippen LogP contribution in [0.15, 0.2) is 6.07 Å². The highest BCUT2D eigenvalue weighted by Gasteiger charge is 2.41. The monoisotopic (exact) mass is 249 g/mol. The summed E-state index contributed by atoms with van der Waals surface area (Å²) in [6, 6.07) is 1.93. The lowest BCUT2D eigenvalue weighted by atomic mass is 9.97. The van der Waals surface area contributed by atoms with E-state index >= 15 is 0 Å². The number of aliphatic carboxylic acids is 1. The normalized spacial score (nSPS) is 24.4. The molecule has 1 N–H and O–H groups in total. The first-order chi connectivity index (χ1) is 8.41. The molecule has 0 bridgehead atoms. The number of carboxylic acid groups (broad SMARTS) is 1. The molecule has 0 amide bonds. The van der Waals surface area contributed by atoms with Crippen LogP contribution in [0.3, 0.4) is 0 Å². The zero-order valence-electron chi connectivity index (χ0n) is 11.1. The van der Waals surface area contributed by atoms with Crippen molar-refractivity contribution in [3.05, 3.63) is 23.3 Å². The number of hydrogen-bond donors (Lipinski definition) is 1. The van der Waals surface area contributed by atoms with Crippen LogP contribution in [-0.2, 0) is 10.3 Å². The molecule has 5 heteroatoms. The third kappa shape index (κ3) is 2.36. The van der Waals surface area contributed by atoms with Gasteiger partial charge in [-0.2, -0.15) is 0 Å². The summed E-state index contributed by atoms with van der Waals surface area (Å²) in [5.41, 5.74) is 1.51. The first-order valence-corrected chi connectivity index (χ1v) is 6.21. The molecule has 1 aliphatic rings. The first-order valence-electron chi connectivity index (χ1n) is 6.21. The fraction of sp³-hybridized carbons (Fsp3) is 0.615. The third-order valence-electron chi connectivity index (χ3n) is 3.58. The van der Waals surface area contributed by atoms with Gasteiger partial charge in [0.05, 0.1) is 12.1 Å². The van der Waals surface area contributed by atoms with Crippen molar-refractivity contribution in [3.63, 3.8) is 0 Å². The van der Waals surface area contributed by atoms with E-state index in [1.54, 1.807) is 0 Å². The molecule has 1 saturated heterocycles. The van der Waals surface area contributed by atoms with Gasteiger partial charge in [0.1, 0.15) is 5.82 Å². The second kappa shape index (κ2) is 4.65. The quantitative estimate of drug-likeness (QED) is 0.879. The molecule has 2 rings (SSSR count). The van der Waals surface area contributed by atoms with E-state index in [9.17, 15) is 4.79 Å². The van der Waals surface area contributed by atoms with Crippen LogP contribution in [0.25, 0.3) is 0 Å². The van der Waals surface area contributed by atoms with Crippen LogP contribution < -0.4 is 0 Å². The molecule has 98 valence electrons. The van der Waals surface area contributed by atoms with E-state index in [4.69, 9.17) is 5.11 Å². The van der Waals surface area contributed by atoms with Crippen LogP contribution in [0, 0.1) is 13.8 Å². The van der Waals surface area contributed by atoms with Gasteiger partial charge in [0.25, 0.3) is 0 Å². The molecular weight excluding hydrogens is 230 g/mol. The number of carboxylic acids is 1. The molecule has 1 atom stereocenters. The number of likely N-dealkylation sites (tertiary alicyclic amines) is 1. The minimum Gasteiger partial charge on any atom is -0.480 e. The number of aryl methyl sites for hydroxylation is 2. The van der Waals surface area contributed by atoms with Gasteiger partial charge in [0.15, 0.2) is 0 Å². The van der Waals surface area contributed by atoms with Crippen molar-refractivity contribution in [1.82, 2.24) is 14.9 Å². The summed E-state index contributed by atoms with van der Waals surface area (Å²) in [6.45, 7) is 6.76. The molecule has 18 heavy (non-hydrogen) atoms. The largest absolute Gasteiger partial charge is 0.480 e. The van der Waals surface area contributed by atoms with Gasteiger partial charge in [-0.25, -0.2) is 9.97 Å². The van der Waals surface area contributed by atoms with E-state index in [0.29, 0.717) is 0 Å². The average molecular weight is 249 g/mol. The predicted molar refractivity (Wildman–Crippen MR) is 67.3 cm³/mol. The Balaban J connectivity index is 2.36. The van der Waals surface area contributed by atoms with E-state index in [0.717, 1.165) is 36.6 Å². The summed E-state index contributed by atoms with van der Waals surface area (Å²) < 4.78 is 0. The standard InChI is InChI=1S/C13H19N3O2/c1-9-7-10(2)15-12(14-9)13(3)5-4-6-16(13)8-11(17)18/h7H,4-6,8H2,1-3H3,(H,17,18)/t13-/m1/s1. The summed E-state index contributed by atoms with van der Waals surface area (Å²) >= 11 is 0. The van der Waals surface area contributed by atoms with Gasteiger partial charge in [0.2, 0.25) is 0 Å². The molecular formula is C13H19N3O2. The first kappa shape index (κ1) is 13.0. The highest BCUT2D eigenvalue weighted by atomic mass is 16.4. The van der Waals surface area contributed by atoms with E-state index in [2.05, 4.69) is 9.97 Å². The maximum atomic E-state index is 10.9. The van der Waals surface area contributed by atoms with Crippen molar-refractivity contribution >= 4 is 5.97 Å². The fourth-order valence-corrected chi connectivity index (χ4v) is 2.66. The molecule has 0 aromatic carbocycles. The van der Waals surface area contributed by atoms with Crippen molar-refractivity contribution < 1.29 is 9.90 Å². The Morgan fingerprint density at radius 3 is 2.61 bits per heavy atom. The van der Waals surface area contributed by atoms with Crippen LogP contribution in [0.1, 0.15) is 37.0 Å². The van der Waals surface area contributed by atoms with Crippen molar-refractivity contribution in [2.24, 2.45) is 0 Å². The second-order valence-electron chi connectivity index (χ2n) is 5.17. The highest BCUT2D eigenvalue weighted by Crippen LogP contribution is 2.36. The minimum atomic E-state index is -0.799. The van der Waals surface area contributed by atoms with Gasteiger partial charge in [-0.15, -0.1) is 0 Å². The van der Waals surface area contributed by atoms with Crippen LogP contribution >= 0.6 is 0 Å². The Hall–Kier alpha value is -1.49. The van der Waals surface area contributed by atoms with Crippen LogP contribution in [-0.4, -0.2) is 39.0 Å². The van der Waals surface area contributed by atoms with Crippen LogP contribution in [0.4, 0.5) is 0 Å². The zero-order valence-corrected chi connectivity index (χ0v) is 11.1. The lowest BCUT2D eigenvalue weighted by Gasteiger charge is -2.32. The SMILES string of the molecule is Cc1cc(C)nc([C@@]2(C)CCCN2CC(=O)O)n1. The molecule has 0 unspecified atom stereocenters. The molecule has 0 spiro atoms. The van der Waals surface area contributed by atoms with Gasteiger partial charge < -0.3 is 5.11 Å². The smallest absolute Gasteiger partial charge is 0.317 e. The topological polar surface area (TPSA) is 66.3 Å². The van der Waals surface area contributed by atoms with Crippen LogP contribution in [0.2, 0.25) is 0 Å². The van der Waals surface area contributed by atoms with E-state index in [1.165, 1.54) is 0 Å². The van der Waals surface area contributed by atoms with Crippen molar-refractivity contribution in [1.29, 1.82) is 0 Å². The molecule has 2 heterocycles. The fourth-order valence-electron chi connectivity index (χ4n) is 2.66. The molecule has 1 aliphatic heterocycles. The van der Waals surface area contributed by atoms with Gasteiger partial charge in [-0.1, -0.05) is 0 Å². The van der Waals surface area contributed by atoms with Gasteiger partial charge >= 0.3 is 5.97 Å². The molecule has 5 nitrogen and oxygen atoms in total. The number of rotatable bonds is 3. The van der Waals surface area contributed by atoms with Gasteiger partial charge in [-0.3, -0.25) is 9.69 Å². The zero-order chi connectivity index (χ0) is 13.3. The number of aromatic nitrogens is 2. The maximum Gasteiger partial charge on any atom is 0.317 e. The Kier molecular flexibility index (Phi) is 3.34. The maximum absolute atomic E-state index is 10.9. The summed E-state index contributed by atoms with van der Waals surface area (Å²) in [5, 5.41) is 8.98.